The Kier molecular flexibility index (Phi) is 16.7. The van der Waals surface area contributed by atoms with Gasteiger partial charge in [-0.05, 0) is 38.5 Å². The number of carbonyl (C=O) groups excluding carboxylic acids is 1. The van der Waals surface area contributed by atoms with Crippen LogP contribution in [-0.2, 0) is 4.79 Å². The van der Waals surface area contributed by atoms with Gasteiger partial charge in [-0.2, -0.15) is 0 Å². The molecule has 0 aliphatic heterocycles. The SMILES string of the molecule is CCC=CCC=CCC=CCCCCCCCC(=O)C(O)C(O)CO. The van der Waals surface area contributed by atoms with E-state index < -0.39 is 18.8 Å². The van der Waals surface area contributed by atoms with Gasteiger partial charge in [-0.25, -0.2) is 0 Å². The molecule has 0 aliphatic carbocycles. The fourth-order valence-corrected chi connectivity index (χ4v) is 2.38. The van der Waals surface area contributed by atoms with E-state index in [0.29, 0.717) is 0 Å². The minimum Gasteiger partial charge on any atom is -0.394 e. The first-order chi connectivity index (χ1) is 12.1. The maximum absolute atomic E-state index is 11.5. The summed E-state index contributed by atoms with van der Waals surface area (Å²) in [5.74, 6) is -0.386. The zero-order valence-corrected chi connectivity index (χ0v) is 15.6. The van der Waals surface area contributed by atoms with Crippen molar-refractivity contribution in [2.45, 2.75) is 83.3 Å². The summed E-state index contributed by atoms with van der Waals surface area (Å²) in [6, 6.07) is 0. The van der Waals surface area contributed by atoms with Gasteiger partial charge >= 0.3 is 0 Å². The monoisotopic (exact) mass is 352 g/mol. The fourth-order valence-electron chi connectivity index (χ4n) is 2.38. The number of aliphatic hydroxyl groups excluding tert-OH is 3. The van der Waals surface area contributed by atoms with Gasteiger partial charge in [0.2, 0.25) is 0 Å². The lowest BCUT2D eigenvalue weighted by atomic mass is 10.0. The van der Waals surface area contributed by atoms with Crippen molar-refractivity contribution in [2.24, 2.45) is 0 Å². The molecule has 0 saturated carbocycles. The molecule has 0 saturated heterocycles. The first-order valence-electron chi connectivity index (χ1n) is 9.58. The third kappa shape index (κ3) is 14.8. The molecular weight excluding hydrogens is 316 g/mol. The molecule has 0 aromatic carbocycles. The average molecular weight is 353 g/mol. The van der Waals surface area contributed by atoms with Crippen LogP contribution in [0.25, 0.3) is 0 Å². The van der Waals surface area contributed by atoms with Gasteiger partial charge in [0.05, 0.1) is 6.61 Å². The summed E-state index contributed by atoms with van der Waals surface area (Å²) in [5.41, 5.74) is 0. The van der Waals surface area contributed by atoms with E-state index in [0.717, 1.165) is 57.8 Å². The molecule has 4 heteroatoms. The van der Waals surface area contributed by atoms with Gasteiger partial charge in [0.1, 0.15) is 12.2 Å². The fraction of sp³-hybridized carbons (Fsp3) is 0.667. The van der Waals surface area contributed by atoms with Crippen LogP contribution in [0.1, 0.15) is 71.1 Å². The number of unbranched alkanes of at least 4 members (excludes halogenated alkanes) is 5. The second kappa shape index (κ2) is 17.6. The van der Waals surface area contributed by atoms with E-state index in [4.69, 9.17) is 5.11 Å². The molecule has 3 N–H and O–H groups in total. The second-order valence-corrected chi connectivity index (χ2v) is 6.26. The molecule has 144 valence electrons. The first kappa shape index (κ1) is 23.8. The molecule has 2 unspecified atom stereocenters. The Morgan fingerprint density at radius 2 is 1.40 bits per heavy atom. The molecule has 25 heavy (non-hydrogen) atoms. The lowest BCUT2D eigenvalue weighted by Crippen LogP contribution is -2.36. The zero-order chi connectivity index (χ0) is 18.8. The second-order valence-electron chi connectivity index (χ2n) is 6.26. The summed E-state index contributed by atoms with van der Waals surface area (Å²) in [6.07, 6.45) is 19.8. The maximum atomic E-state index is 11.5. The standard InChI is InChI=1S/C21H36O4/c1-2-3-4-5-6-7-8-9-10-11-12-13-14-15-16-17-19(23)21(25)20(24)18-22/h3-4,6-7,9-10,20-22,24-25H,2,5,8,11-18H2,1H3. The zero-order valence-electron chi connectivity index (χ0n) is 15.6. The third-order valence-electron chi connectivity index (χ3n) is 3.96. The molecule has 2 atom stereocenters. The highest BCUT2D eigenvalue weighted by Crippen LogP contribution is 2.10. The molecule has 0 fully saturated rings. The van der Waals surface area contributed by atoms with E-state index in [-0.39, 0.29) is 12.2 Å². The van der Waals surface area contributed by atoms with Crippen LogP contribution in [0.5, 0.6) is 0 Å². The topological polar surface area (TPSA) is 77.8 Å². The molecule has 0 bridgehead atoms. The average Bonchev–Trinajstić information content (AvgIpc) is 2.63. The minimum absolute atomic E-state index is 0.262. The Balaban J connectivity index is 3.45. The van der Waals surface area contributed by atoms with Crippen molar-refractivity contribution in [3.8, 4) is 0 Å². The van der Waals surface area contributed by atoms with Gasteiger partial charge < -0.3 is 15.3 Å². The first-order valence-corrected chi connectivity index (χ1v) is 9.58. The lowest BCUT2D eigenvalue weighted by Gasteiger charge is -2.13. The van der Waals surface area contributed by atoms with Crippen molar-refractivity contribution in [1.82, 2.24) is 0 Å². The van der Waals surface area contributed by atoms with Crippen LogP contribution in [0.2, 0.25) is 0 Å². The summed E-state index contributed by atoms with van der Waals surface area (Å²) in [7, 11) is 0. The smallest absolute Gasteiger partial charge is 0.164 e. The molecule has 0 amide bonds. The Bertz CT molecular complexity index is 399. The summed E-state index contributed by atoms with van der Waals surface area (Å²) >= 11 is 0. The van der Waals surface area contributed by atoms with Crippen molar-refractivity contribution in [1.29, 1.82) is 0 Å². The van der Waals surface area contributed by atoms with E-state index in [1.807, 2.05) is 0 Å². The molecule has 4 nitrogen and oxygen atoms in total. The van der Waals surface area contributed by atoms with Crippen LogP contribution in [0.15, 0.2) is 36.5 Å². The van der Waals surface area contributed by atoms with Crippen LogP contribution < -0.4 is 0 Å². The Morgan fingerprint density at radius 1 is 0.840 bits per heavy atom. The number of Topliss-reactive ketones (excluding diaryl/α,β-unsaturated/α-hetero) is 1. The van der Waals surface area contributed by atoms with Crippen LogP contribution in [0.3, 0.4) is 0 Å². The van der Waals surface area contributed by atoms with Crippen LogP contribution in [0, 0.1) is 0 Å². The van der Waals surface area contributed by atoms with Gasteiger partial charge in [-0.15, -0.1) is 0 Å². The molecule has 0 aromatic heterocycles. The Labute approximate surface area is 153 Å². The third-order valence-corrected chi connectivity index (χ3v) is 3.96. The van der Waals surface area contributed by atoms with Gasteiger partial charge in [-0.1, -0.05) is 62.6 Å². The number of allylic oxidation sites excluding steroid dienone is 6. The highest BCUT2D eigenvalue weighted by Gasteiger charge is 2.22. The van der Waals surface area contributed by atoms with E-state index in [2.05, 4.69) is 43.4 Å². The molecule has 0 rings (SSSR count). The van der Waals surface area contributed by atoms with E-state index in [1.54, 1.807) is 0 Å². The Morgan fingerprint density at radius 3 is 2.04 bits per heavy atom. The van der Waals surface area contributed by atoms with Crippen molar-refractivity contribution in [2.75, 3.05) is 6.61 Å². The number of carbonyl (C=O) groups is 1. The van der Waals surface area contributed by atoms with Crippen molar-refractivity contribution in [3.05, 3.63) is 36.5 Å². The lowest BCUT2D eigenvalue weighted by molar-refractivity contribution is -0.134. The largest absolute Gasteiger partial charge is 0.394 e. The Hall–Kier alpha value is -1.23. The molecule has 0 aromatic rings. The summed E-state index contributed by atoms with van der Waals surface area (Å²) in [5, 5.41) is 27.3. The normalized spacial score (nSPS) is 14.7. The number of hydrogen-bond donors (Lipinski definition) is 3. The molecular formula is C21H36O4. The minimum atomic E-state index is -1.45. The van der Waals surface area contributed by atoms with Crippen molar-refractivity contribution < 1.29 is 20.1 Å². The maximum Gasteiger partial charge on any atom is 0.164 e. The van der Waals surface area contributed by atoms with Crippen LogP contribution in [-0.4, -0.2) is 39.9 Å². The van der Waals surface area contributed by atoms with E-state index >= 15 is 0 Å². The number of ketones is 1. The molecule has 0 heterocycles. The van der Waals surface area contributed by atoms with Crippen molar-refractivity contribution >= 4 is 5.78 Å². The van der Waals surface area contributed by atoms with Crippen LogP contribution in [0.4, 0.5) is 0 Å². The summed E-state index contributed by atoms with van der Waals surface area (Å²) in [4.78, 5) is 11.5. The van der Waals surface area contributed by atoms with Gasteiger partial charge in [0.25, 0.3) is 0 Å². The van der Waals surface area contributed by atoms with Gasteiger partial charge in [-0.3, -0.25) is 4.79 Å². The number of aliphatic hydroxyl groups is 3. The quantitative estimate of drug-likeness (QED) is 0.291. The van der Waals surface area contributed by atoms with Crippen molar-refractivity contribution in [3.63, 3.8) is 0 Å². The highest BCUT2D eigenvalue weighted by atomic mass is 16.4. The summed E-state index contributed by atoms with van der Waals surface area (Å²) in [6.45, 7) is 1.55. The molecule has 0 spiro atoms. The predicted molar refractivity (Wildman–Crippen MR) is 103 cm³/mol. The number of rotatable bonds is 16. The molecule has 0 radical (unpaired) electrons. The summed E-state index contributed by atoms with van der Waals surface area (Å²) < 4.78 is 0. The molecule has 0 aliphatic rings. The number of hydrogen-bond acceptors (Lipinski definition) is 4. The van der Waals surface area contributed by atoms with Gasteiger partial charge in [0, 0.05) is 6.42 Å². The van der Waals surface area contributed by atoms with Gasteiger partial charge in [0.15, 0.2) is 5.78 Å². The highest BCUT2D eigenvalue weighted by molar-refractivity contribution is 5.83. The predicted octanol–water partition coefficient (Wildman–Crippen LogP) is 3.86. The van der Waals surface area contributed by atoms with Crippen LogP contribution >= 0.6 is 0 Å². The van der Waals surface area contributed by atoms with E-state index in [9.17, 15) is 15.0 Å². The van der Waals surface area contributed by atoms with E-state index in [1.165, 1.54) is 0 Å².